The maximum absolute atomic E-state index is 13.5. The van der Waals surface area contributed by atoms with Crippen molar-refractivity contribution in [3.63, 3.8) is 0 Å². The van der Waals surface area contributed by atoms with E-state index in [1.165, 1.54) is 17.7 Å². The second-order valence-corrected chi connectivity index (χ2v) is 8.48. The lowest BCUT2D eigenvalue weighted by atomic mass is 9.96. The first kappa shape index (κ1) is 25.9. The molecule has 0 spiro atoms. The van der Waals surface area contributed by atoms with Crippen LogP contribution in [0.4, 0.5) is 4.39 Å². The Morgan fingerprint density at radius 2 is 1.88 bits per heavy atom. The van der Waals surface area contributed by atoms with Crippen molar-refractivity contribution >= 4 is 29.9 Å². The summed E-state index contributed by atoms with van der Waals surface area (Å²) in [5.41, 5.74) is 2.31. The Labute approximate surface area is 212 Å². The number of benzene rings is 2. The minimum Gasteiger partial charge on any atom is -0.383 e. The van der Waals surface area contributed by atoms with Crippen molar-refractivity contribution < 1.29 is 14.2 Å². The SMILES string of the molecule is CCNC(=NCC1(O)CCc2ccccc21)NCC(c1ccc(F)cc1)N1CCOCC1.I. The summed E-state index contributed by atoms with van der Waals surface area (Å²) in [5.74, 6) is 0.438. The number of halogens is 2. The zero-order valence-corrected chi connectivity index (χ0v) is 21.4. The van der Waals surface area contributed by atoms with Gasteiger partial charge in [-0.1, -0.05) is 36.4 Å². The predicted molar refractivity (Wildman–Crippen MR) is 140 cm³/mol. The number of nitrogens with one attached hydrogen (secondary N) is 2. The van der Waals surface area contributed by atoms with Gasteiger partial charge < -0.3 is 20.5 Å². The van der Waals surface area contributed by atoms with Crippen LogP contribution in [0.5, 0.6) is 0 Å². The Hall–Kier alpha value is -1.75. The number of nitrogens with zero attached hydrogens (tertiary/aromatic N) is 2. The van der Waals surface area contributed by atoms with Gasteiger partial charge in [0.1, 0.15) is 11.4 Å². The lowest BCUT2D eigenvalue weighted by Gasteiger charge is -2.35. The summed E-state index contributed by atoms with van der Waals surface area (Å²) in [6.45, 7) is 6.71. The molecule has 0 radical (unpaired) electrons. The van der Waals surface area contributed by atoms with Crippen molar-refractivity contribution in [3.8, 4) is 0 Å². The molecule has 0 aromatic heterocycles. The highest BCUT2D eigenvalue weighted by atomic mass is 127. The Morgan fingerprint density at radius 1 is 1.15 bits per heavy atom. The summed E-state index contributed by atoms with van der Waals surface area (Å²) in [4.78, 5) is 7.09. The van der Waals surface area contributed by atoms with Gasteiger partial charge in [0.25, 0.3) is 0 Å². The summed E-state index contributed by atoms with van der Waals surface area (Å²) in [6.07, 6.45) is 1.55. The number of fused-ring (bicyclic) bond motifs is 1. The first-order valence-electron chi connectivity index (χ1n) is 11.5. The van der Waals surface area contributed by atoms with Crippen LogP contribution in [0.25, 0.3) is 0 Å². The fraction of sp³-hybridized carbons (Fsp3) is 0.480. The largest absolute Gasteiger partial charge is 0.383 e. The van der Waals surface area contributed by atoms with E-state index in [9.17, 15) is 9.50 Å². The molecule has 33 heavy (non-hydrogen) atoms. The normalized spacial score (nSPS) is 21.7. The standard InChI is InChI=1S/C25H33FN4O2.HI/c1-2-27-24(29-18-25(31)12-11-19-5-3-4-6-22(19)25)28-17-23(30-13-15-32-16-14-30)20-7-9-21(26)10-8-20;/h3-10,23,31H,2,11-18H2,1H3,(H2,27,28,29);1H. The Morgan fingerprint density at radius 3 is 2.61 bits per heavy atom. The molecular formula is C25H34FIN4O2. The first-order chi connectivity index (χ1) is 15.6. The molecule has 2 aromatic rings. The van der Waals surface area contributed by atoms with Crippen LogP contribution in [0.2, 0.25) is 0 Å². The molecule has 1 fully saturated rings. The maximum atomic E-state index is 13.5. The molecule has 1 aliphatic heterocycles. The maximum Gasteiger partial charge on any atom is 0.191 e. The second-order valence-electron chi connectivity index (χ2n) is 8.48. The number of aliphatic imine (C=N–C) groups is 1. The second kappa shape index (κ2) is 12.1. The smallest absolute Gasteiger partial charge is 0.191 e. The van der Waals surface area contributed by atoms with Crippen LogP contribution in [-0.2, 0) is 16.8 Å². The topological polar surface area (TPSA) is 69.1 Å². The van der Waals surface area contributed by atoms with Gasteiger partial charge in [-0.3, -0.25) is 4.90 Å². The van der Waals surface area contributed by atoms with E-state index in [2.05, 4.69) is 21.6 Å². The summed E-state index contributed by atoms with van der Waals surface area (Å²) < 4.78 is 19.0. The third-order valence-electron chi connectivity index (χ3n) is 6.37. The molecule has 2 aromatic carbocycles. The average molecular weight is 568 g/mol. The highest BCUT2D eigenvalue weighted by Gasteiger charge is 2.36. The molecule has 0 bridgehead atoms. The Kier molecular flexibility index (Phi) is 9.48. The molecule has 3 N–H and O–H groups in total. The third-order valence-corrected chi connectivity index (χ3v) is 6.37. The van der Waals surface area contributed by atoms with Crippen molar-refractivity contribution in [1.29, 1.82) is 0 Å². The molecule has 8 heteroatoms. The van der Waals surface area contributed by atoms with Gasteiger partial charge in [0.05, 0.1) is 25.8 Å². The Balaban J connectivity index is 0.00000306. The van der Waals surface area contributed by atoms with Crippen molar-refractivity contribution in [3.05, 3.63) is 71.0 Å². The molecule has 1 heterocycles. The molecule has 0 amide bonds. The molecule has 4 rings (SSSR count). The van der Waals surface area contributed by atoms with Gasteiger partial charge in [-0.05, 0) is 48.6 Å². The van der Waals surface area contributed by atoms with Crippen LogP contribution in [-0.4, -0.2) is 61.9 Å². The van der Waals surface area contributed by atoms with Gasteiger partial charge in [-0.15, -0.1) is 24.0 Å². The summed E-state index contributed by atoms with van der Waals surface area (Å²) in [6, 6.07) is 14.8. The van der Waals surface area contributed by atoms with E-state index < -0.39 is 5.60 Å². The van der Waals surface area contributed by atoms with Crippen molar-refractivity contribution in [2.24, 2.45) is 4.99 Å². The van der Waals surface area contributed by atoms with Gasteiger partial charge in [0, 0.05) is 26.2 Å². The molecule has 6 nitrogen and oxygen atoms in total. The zero-order valence-electron chi connectivity index (χ0n) is 19.1. The fourth-order valence-electron chi connectivity index (χ4n) is 4.61. The number of hydrogen-bond acceptors (Lipinski definition) is 4. The molecule has 2 atom stereocenters. The van der Waals surface area contributed by atoms with E-state index in [0.717, 1.165) is 37.2 Å². The summed E-state index contributed by atoms with van der Waals surface area (Å²) in [5, 5.41) is 18.0. The molecular weight excluding hydrogens is 534 g/mol. The van der Waals surface area contributed by atoms with E-state index in [4.69, 9.17) is 9.73 Å². The van der Waals surface area contributed by atoms with E-state index in [-0.39, 0.29) is 35.8 Å². The monoisotopic (exact) mass is 568 g/mol. The van der Waals surface area contributed by atoms with Crippen molar-refractivity contribution in [1.82, 2.24) is 15.5 Å². The number of ether oxygens (including phenoxy) is 1. The van der Waals surface area contributed by atoms with Gasteiger partial charge in [0.2, 0.25) is 0 Å². The number of aliphatic hydroxyl groups is 1. The van der Waals surface area contributed by atoms with Crippen molar-refractivity contribution in [2.45, 2.75) is 31.4 Å². The lowest BCUT2D eigenvalue weighted by molar-refractivity contribution is 0.0169. The minimum atomic E-state index is -0.931. The van der Waals surface area contributed by atoms with Crippen LogP contribution < -0.4 is 10.6 Å². The van der Waals surface area contributed by atoms with Gasteiger partial charge in [-0.2, -0.15) is 0 Å². The molecule has 1 saturated heterocycles. The number of morpholine rings is 1. The van der Waals surface area contributed by atoms with Gasteiger partial charge in [0.15, 0.2) is 5.96 Å². The van der Waals surface area contributed by atoms with E-state index >= 15 is 0 Å². The highest BCUT2D eigenvalue weighted by molar-refractivity contribution is 14.0. The lowest BCUT2D eigenvalue weighted by Crippen LogP contribution is -2.46. The summed E-state index contributed by atoms with van der Waals surface area (Å²) >= 11 is 0. The Bertz CT molecular complexity index is 921. The predicted octanol–water partition coefficient (Wildman–Crippen LogP) is 3.21. The zero-order chi connectivity index (χ0) is 22.4. The molecule has 2 unspecified atom stereocenters. The highest BCUT2D eigenvalue weighted by Crippen LogP contribution is 2.36. The van der Waals surface area contributed by atoms with Gasteiger partial charge in [-0.25, -0.2) is 9.38 Å². The van der Waals surface area contributed by atoms with E-state index in [0.29, 0.717) is 38.7 Å². The number of aryl methyl sites for hydroxylation is 1. The van der Waals surface area contributed by atoms with Crippen LogP contribution in [0.1, 0.15) is 36.1 Å². The molecule has 1 aliphatic carbocycles. The first-order valence-corrected chi connectivity index (χ1v) is 11.5. The number of rotatable bonds is 7. The van der Waals surface area contributed by atoms with E-state index in [1.54, 1.807) is 0 Å². The average Bonchev–Trinajstić information content (AvgIpc) is 3.16. The van der Waals surface area contributed by atoms with Crippen LogP contribution in [0, 0.1) is 5.82 Å². The molecule has 2 aliphatic rings. The number of hydrogen-bond donors (Lipinski definition) is 3. The number of guanidine groups is 1. The fourth-order valence-corrected chi connectivity index (χ4v) is 4.61. The van der Waals surface area contributed by atoms with E-state index in [1.807, 2.05) is 37.3 Å². The van der Waals surface area contributed by atoms with Crippen LogP contribution in [0.15, 0.2) is 53.5 Å². The summed E-state index contributed by atoms with van der Waals surface area (Å²) in [7, 11) is 0. The van der Waals surface area contributed by atoms with Crippen LogP contribution in [0.3, 0.4) is 0 Å². The third kappa shape index (κ3) is 6.44. The van der Waals surface area contributed by atoms with Gasteiger partial charge >= 0.3 is 0 Å². The minimum absolute atomic E-state index is 0. The quantitative estimate of drug-likeness (QED) is 0.272. The van der Waals surface area contributed by atoms with Crippen molar-refractivity contribution in [2.75, 3.05) is 45.9 Å². The molecule has 0 saturated carbocycles. The van der Waals surface area contributed by atoms with Crippen LogP contribution >= 0.6 is 24.0 Å². The molecule has 180 valence electrons.